The van der Waals surface area contributed by atoms with E-state index in [9.17, 15) is 4.79 Å². The number of hydrogen-bond donors (Lipinski definition) is 1. The van der Waals surface area contributed by atoms with Crippen molar-refractivity contribution < 1.29 is 4.79 Å². The van der Waals surface area contributed by atoms with Crippen LogP contribution in [0.1, 0.15) is 51.0 Å². The minimum Gasteiger partial charge on any atom is -0.369 e. The van der Waals surface area contributed by atoms with Crippen molar-refractivity contribution >= 4 is 5.91 Å². The lowest BCUT2D eigenvalue weighted by Crippen LogP contribution is -2.55. The van der Waals surface area contributed by atoms with Crippen molar-refractivity contribution in [2.45, 2.75) is 51.0 Å². The lowest BCUT2D eigenvalue weighted by Gasteiger charge is -2.53. The second-order valence-electron chi connectivity index (χ2n) is 8.52. The highest BCUT2D eigenvalue weighted by molar-refractivity contribution is 5.82. The van der Waals surface area contributed by atoms with Crippen LogP contribution in [0.2, 0.25) is 0 Å². The third-order valence-electron chi connectivity index (χ3n) is 6.83. The van der Waals surface area contributed by atoms with Crippen LogP contribution in [0.4, 0.5) is 0 Å². The van der Waals surface area contributed by atoms with Crippen molar-refractivity contribution in [3.8, 4) is 0 Å². The van der Waals surface area contributed by atoms with E-state index in [1.54, 1.807) is 0 Å². The number of allylic oxidation sites excluding steroid dienone is 3. The number of benzene rings is 1. The van der Waals surface area contributed by atoms with Crippen molar-refractivity contribution in [2.24, 2.45) is 17.1 Å². The number of nitrogens with two attached hydrogens (primary N) is 1. The molecule has 140 valence electrons. The Morgan fingerprint density at radius 2 is 1.81 bits per heavy atom. The standard InChI is InChI=1S/C23H32N2O/c1-17-11-10-14-22(2,19(17)21(24)26)20(18-12-6-5-7-13-18)23(25(3)4)15-8-9-16-23/h5-7,10-14,19-20H,8-9,15-16H2,1-4H3,(H2,24,26). The van der Waals surface area contributed by atoms with Crippen LogP contribution in [0.15, 0.2) is 54.1 Å². The van der Waals surface area contributed by atoms with E-state index in [0.29, 0.717) is 0 Å². The summed E-state index contributed by atoms with van der Waals surface area (Å²) in [5, 5.41) is 0. The minimum absolute atomic E-state index is 0.0335. The Kier molecular flexibility index (Phi) is 5.12. The van der Waals surface area contributed by atoms with E-state index in [2.05, 4.69) is 68.4 Å². The number of carbonyl (C=O) groups excluding carboxylic acids is 1. The number of hydrogen-bond acceptors (Lipinski definition) is 2. The van der Waals surface area contributed by atoms with Crippen molar-refractivity contribution in [1.29, 1.82) is 0 Å². The first-order valence-corrected chi connectivity index (χ1v) is 9.70. The molecule has 1 fully saturated rings. The molecule has 3 rings (SSSR count). The fraction of sp³-hybridized carbons (Fsp3) is 0.522. The Labute approximate surface area is 158 Å². The highest BCUT2D eigenvalue weighted by Gasteiger charge is 2.55. The average Bonchev–Trinajstić information content (AvgIpc) is 3.06. The molecular formula is C23H32N2O. The summed E-state index contributed by atoms with van der Waals surface area (Å²) in [6.07, 6.45) is 11.2. The predicted octanol–water partition coefficient (Wildman–Crippen LogP) is 4.27. The minimum atomic E-state index is -0.347. The van der Waals surface area contributed by atoms with Gasteiger partial charge in [0.15, 0.2) is 0 Å². The number of amides is 1. The van der Waals surface area contributed by atoms with Gasteiger partial charge in [-0.15, -0.1) is 0 Å². The maximum atomic E-state index is 12.5. The molecule has 0 spiro atoms. The topological polar surface area (TPSA) is 46.3 Å². The molecule has 3 atom stereocenters. The van der Waals surface area contributed by atoms with Crippen LogP contribution in [0.3, 0.4) is 0 Å². The van der Waals surface area contributed by atoms with Gasteiger partial charge >= 0.3 is 0 Å². The molecule has 2 N–H and O–H groups in total. The monoisotopic (exact) mass is 352 g/mol. The van der Waals surface area contributed by atoms with Crippen LogP contribution >= 0.6 is 0 Å². The van der Waals surface area contributed by atoms with Crippen LogP contribution in [-0.4, -0.2) is 30.4 Å². The van der Waals surface area contributed by atoms with Crippen LogP contribution in [0.25, 0.3) is 0 Å². The van der Waals surface area contributed by atoms with Gasteiger partial charge in [-0.3, -0.25) is 4.79 Å². The zero-order valence-electron chi connectivity index (χ0n) is 16.5. The number of nitrogens with zero attached hydrogens (tertiary/aromatic N) is 1. The van der Waals surface area contributed by atoms with Gasteiger partial charge in [-0.25, -0.2) is 0 Å². The molecule has 2 aliphatic rings. The first-order chi connectivity index (χ1) is 12.3. The lowest BCUT2D eigenvalue weighted by molar-refractivity contribution is -0.124. The van der Waals surface area contributed by atoms with Gasteiger partial charge < -0.3 is 10.6 Å². The van der Waals surface area contributed by atoms with Gasteiger partial charge in [0.1, 0.15) is 0 Å². The molecule has 3 unspecified atom stereocenters. The lowest BCUT2D eigenvalue weighted by atomic mass is 9.55. The van der Waals surface area contributed by atoms with E-state index in [4.69, 9.17) is 5.73 Å². The second-order valence-corrected chi connectivity index (χ2v) is 8.52. The number of rotatable bonds is 5. The summed E-state index contributed by atoms with van der Waals surface area (Å²) in [6.45, 7) is 4.27. The van der Waals surface area contributed by atoms with Crippen molar-refractivity contribution in [3.05, 3.63) is 59.7 Å². The van der Waals surface area contributed by atoms with E-state index in [0.717, 1.165) is 18.4 Å². The molecule has 3 heteroatoms. The van der Waals surface area contributed by atoms with Crippen molar-refractivity contribution in [1.82, 2.24) is 4.90 Å². The molecule has 0 radical (unpaired) electrons. The van der Waals surface area contributed by atoms with Gasteiger partial charge in [0, 0.05) is 16.9 Å². The zero-order chi connectivity index (χ0) is 18.9. The summed E-state index contributed by atoms with van der Waals surface area (Å²) in [4.78, 5) is 14.9. The molecule has 0 saturated heterocycles. The van der Waals surface area contributed by atoms with Gasteiger partial charge in [0.05, 0.1) is 5.92 Å². The van der Waals surface area contributed by atoms with Gasteiger partial charge in [0.2, 0.25) is 5.91 Å². The summed E-state index contributed by atoms with van der Waals surface area (Å²) in [6, 6.07) is 10.7. The molecule has 0 bridgehead atoms. The predicted molar refractivity (Wildman–Crippen MR) is 108 cm³/mol. The highest BCUT2D eigenvalue weighted by atomic mass is 16.1. The average molecular weight is 353 g/mol. The van der Waals surface area contributed by atoms with E-state index in [1.165, 1.54) is 18.4 Å². The summed E-state index contributed by atoms with van der Waals surface area (Å²) in [5.74, 6) is -0.306. The Morgan fingerprint density at radius 1 is 1.19 bits per heavy atom. The molecule has 1 amide bonds. The fourth-order valence-corrected chi connectivity index (χ4v) is 5.76. The first-order valence-electron chi connectivity index (χ1n) is 9.70. The Morgan fingerprint density at radius 3 is 2.35 bits per heavy atom. The SMILES string of the molecule is CC1=CC=CC(C)(C(c2ccccc2)C2(N(C)C)CCCC2)C1C(N)=O. The summed E-state index contributed by atoms with van der Waals surface area (Å²) in [5.41, 5.74) is 7.99. The maximum Gasteiger partial charge on any atom is 0.225 e. The zero-order valence-corrected chi connectivity index (χ0v) is 16.5. The smallest absolute Gasteiger partial charge is 0.225 e. The largest absolute Gasteiger partial charge is 0.369 e. The molecule has 0 heterocycles. The fourth-order valence-electron chi connectivity index (χ4n) is 5.76. The molecule has 1 aromatic carbocycles. The highest BCUT2D eigenvalue weighted by Crippen LogP contribution is 2.57. The van der Waals surface area contributed by atoms with Crippen LogP contribution in [-0.2, 0) is 4.79 Å². The van der Waals surface area contributed by atoms with E-state index < -0.39 is 0 Å². The van der Waals surface area contributed by atoms with E-state index in [-0.39, 0.29) is 28.7 Å². The number of likely N-dealkylation sites (N-methyl/N-ethyl adjacent to an activating group) is 1. The van der Waals surface area contributed by atoms with Gasteiger partial charge in [-0.2, -0.15) is 0 Å². The molecule has 2 aliphatic carbocycles. The quantitative estimate of drug-likeness (QED) is 0.860. The molecule has 3 nitrogen and oxygen atoms in total. The molecule has 0 aliphatic heterocycles. The summed E-state index contributed by atoms with van der Waals surface area (Å²) in [7, 11) is 4.39. The molecule has 0 aromatic heterocycles. The maximum absolute atomic E-state index is 12.5. The molecule has 1 aromatic rings. The Bertz CT molecular complexity index is 713. The van der Waals surface area contributed by atoms with Crippen LogP contribution in [0.5, 0.6) is 0 Å². The Balaban J connectivity index is 2.22. The van der Waals surface area contributed by atoms with E-state index in [1.807, 2.05) is 13.0 Å². The van der Waals surface area contributed by atoms with Crippen molar-refractivity contribution in [3.63, 3.8) is 0 Å². The third kappa shape index (κ3) is 2.92. The first kappa shape index (κ1) is 18.9. The normalized spacial score (nSPS) is 28.8. The second kappa shape index (κ2) is 7.03. The van der Waals surface area contributed by atoms with E-state index >= 15 is 0 Å². The van der Waals surface area contributed by atoms with Crippen molar-refractivity contribution in [2.75, 3.05) is 14.1 Å². The third-order valence-corrected chi connectivity index (χ3v) is 6.83. The number of carbonyl (C=O) groups is 1. The number of primary amides is 1. The summed E-state index contributed by atoms with van der Waals surface area (Å²) >= 11 is 0. The van der Waals surface area contributed by atoms with Gasteiger partial charge in [0.25, 0.3) is 0 Å². The van der Waals surface area contributed by atoms with Crippen LogP contribution in [0, 0.1) is 11.3 Å². The molecule has 1 saturated carbocycles. The summed E-state index contributed by atoms with van der Waals surface area (Å²) < 4.78 is 0. The molecule has 26 heavy (non-hydrogen) atoms. The van der Waals surface area contributed by atoms with Gasteiger partial charge in [-0.1, -0.05) is 73.9 Å². The van der Waals surface area contributed by atoms with Crippen LogP contribution < -0.4 is 5.73 Å². The molecular weight excluding hydrogens is 320 g/mol. The van der Waals surface area contributed by atoms with Gasteiger partial charge in [-0.05, 0) is 39.4 Å². The Hall–Kier alpha value is -1.87.